The van der Waals surface area contributed by atoms with Gasteiger partial charge in [0.1, 0.15) is 0 Å². The van der Waals surface area contributed by atoms with Gasteiger partial charge in [-0.2, -0.15) is 23.3 Å². The SMILES string of the molecule is CCc1ccccc1N/C=C1/C(=O)N(c2ccc(NC(=O)C(F)(F)F)cc2)N=C1CCCC(=O)O. The number of hydrazone groups is 1. The van der Waals surface area contributed by atoms with Crippen LogP contribution in [0, 0.1) is 0 Å². The van der Waals surface area contributed by atoms with Crippen molar-refractivity contribution in [3.05, 3.63) is 65.9 Å². The summed E-state index contributed by atoms with van der Waals surface area (Å²) < 4.78 is 37.4. The first kappa shape index (κ1) is 25.5. The highest BCUT2D eigenvalue weighted by atomic mass is 19.4. The summed E-state index contributed by atoms with van der Waals surface area (Å²) in [6.07, 6.45) is -2.34. The van der Waals surface area contributed by atoms with E-state index in [1.165, 1.54) is 30.5 Å². The fraction of sp³-hybridized carbons (Fsp3) is 0.250. The number of nitrogens with one attached hydrogen (secondary N) is 2. The number of carbonyl (C=O) groups is 3. The number of carboxylic acid groups (broad SMARTS) is 1. The third-order valence-corrected chi connectivity index (χ3v) is 5.16. The summed E-state index contributed by atoms with van der Waals surface area (Å²) in [6, 6.07) is 12.7. The van der Waals surface area contributed by atoms with Crippen molar-refractivity contribution in [3.63, 3.8) is 0 Å². The van der Waals surface area contributed by atoms with E-state index in [4.69, 9.17) is 5.11 Å². The highest BCUT2D eigenvalue weighted by molar-refractivity contribution is 6.30. The van der Waals surface area contributed by atoms with Crippen LogP contribution in [0.4, 0.5) is 30.2 Å². The summed E-state index contributed by atoms with van der Waals surface area (Å²) >= 11 is 0. The molecule has 0 radical (unpaired) electrons. The van der Waals surface area contributed by atoms with Crippen LogP contribution in [0.5, 0.6) is 0 Å². The minimum absolute atomic E-state index is 0.0954. The van der Waals surface area contributed by atoms with Crippen molar-refractivity contribution in [1.29, 1.82) is 0 Å². The van der Waals surface area contributed by atoms with Crippen LogP contribution < -0.4 is 15.6 Å². The molecule has 35 heavy (non-hydrogen) atoms. The normalized spacial score (nSPS) is 14.7. The number of hydrogen-bond acceptors (Lipinski definition) is 5. The molecule has 0 fully saturated rings. The monoisotopic (exact) mass is 488 g/mol. The average Bonchev–Trinajstić information content (AvgIpc) is 3.12. The van der Waals surface area contributed by atoms with Crippen molar-refractivity contribution in [1.82, 2.24) is 0 Å². The summed E-state index contributed by atoms with van der Waals surface area (Å²) in [5, 5.41) is 19.2. The number of aryl methyl sites for hydroxylation is 1. The Bertz CT molecular complexity index is 1170. The van der Waals surface area contributed by atoms with E-state index in [2.05, 4.69) is 10.4 Å². The molecule has 0 unspecified atom stereocenters. The van der Waals surface area contributed by atoms with Crippen LogP contribution in [0.2, 0.25) is 0 Å². The Balaban J connectivity index is 1.84. The van der Waals surface area contributed by atoms with Crippen LogP contribution in [0.25, 0.3) is 0 Å². The lowest BCUT2D eigenvalue weighted by molar-refractivity contribution is -0.167. The van der Waals surface area contributed by atoms with Gasteiger partial charge in [0, 0.05) is 24.0 Å². The Hall–Kier alpha value is -4.15. The molecule has 2 amide bonds. The number of para-hydroxylation sites is 1. The number of rotatable bonds is 9. The second-order valence-electron chi connectivity index (χ2n) is 7.62. The van der Waals surface area contributed by atoms with E-state index in [0.717, 1.165) is 22.7 Å². The van der Waals surface area contributed by atoms with Crippen LogP contribution >= 0.6 is 0 Å². The Kier molecular flexibility index (Phi) is 7.90. The van der Waals surface area contributed by atoms with Crippen molar-refractivity contribution in [3.8, 4) is 0 Å². The molecule has 8 nitrogen and oxygen atoms in total. The van der Waals surface area contributed by atoms with E-state index in [9.17, 15) is 27.6 Å². The molecule has 1 aliphatic rings. The molecule has 184 valence electrons. The standard InChI is InChI=1S/C24H23F3N4O4/c1-2-15-6-3-4-7-19(15)28-14-18-20(8-5-9-21(32)33)30-31(22(18)34)17-12-10-16(11-13-17)29-23(35)24(25,26)27/h3-4,6-7,10-14,28H,2,5,8-9H2,1H3,(H,29,35)(H,32,33)/b18-14+. The molecule has 2 aromatic carbocycles. The molecular formula is C24H23F3N4O4. The van der Waals surface area contributed by atoms with Gasteiger partial charge in [-0.3, -0.25) is 14.4 Å². The zero-order valence-electron chi connectivity index (χ0n) is 18.7. The largest absolute Gasteiger partial charge is 0.481 e. The second-order valence-corrected chi connectivity index (χ2v) is 7.62. The Morgan fingerprint density at radius 2 is 1.80 bits per heavy atom. The number of nitrogens with zero attached hydrogens (tertiary/aromatic N) is 2. The first-order valence-electron chi connectivity index (χ1n) is 10.8. The maximum absolute atomic E-state index is 13.2. The maximum Gasteiger partial charge on any atom is 0.471 e. The molecule has 0 aromatic heterocycles. The molecule has 1 heterocycles. The van der Waals surface area contributed by atoms with Crippen LogP contribution in [0.15, 0.2) is 65.4 Å². The van der Waals surface area contributed by atoms with E-state index in [1.54, 1.807) is 5.32 Å². The zero-order valence-corrected chi connectivity index (χ0v) is 18.7. The molecule has 2 aromatic rings. The molecule has 0 saturated carbocycles. The maximum atomic E-state index is 13.2. The van der Waals surface area contributed by atoms with Gasteiger partial charge in [-0.05, 0) is 55.2 Å². The summed E-state index contributed by atoms with van der Waals surface area (Å²) in [5.41, 5.74) is 2.65. The molecule has 0 saturated heterocycles. The minimum Gasteiger partial charge on any atom is -0.481 e. The van der Waals surface area contributed by atoms with E-state index in [1.807, 2.05) is 31.2 Å². The fourth-order valence-corrected chi connectivity index (χ4v) is 3.38. The third kappa shape index (κ3) is 6.46. The van der Waals surface area contributed by atoms with Gasteiger partial charge < -0.3 is 15.7 Å². The molecule has 0 spiro atoms. The van der Waals surface area contributed by atoms with Gasteiger partial charge in [-0.15, -0.1) is 0 Å². The van der Waals surface area contributed by atoms with Crippen LogP contribution in [-0.4, -0.2) is 34.8 Å². The summed E-state index contributed by atoms with van der Waals surface area (Å²) in [5.74, 6) is -3.56. The van der Waals surface area contributed by atoms with Crippen LogP contribution in [-0.2, 0) is 20.8 Å². The van der Waals surface area contributed by atoms with Gasteiger partial charge in [0.15, 0.2) is 0 Å². The van der Waals surface area contributed by atoms with Crippen molar-refractivity contribution in [2.45, 2.75) is 38.8 Å². The van der Waals surface area contributed by atoms with Crippen molar-refractivity contribution in [2.24, 2.45) is 5.10 Å². The molecule has 3 N–H and O–H groups in total. The quantitative estimate of drug-likeness (QED) is 0.443. The van der Waals surface area contributed by atoms with Crippen molar-refractivity contribution in [2.75, 3.05) is 15.6 Å². The predicted octanol–water partition coefficient (Wildman–Crippen LogP) is 4.70. The first-order valence-corrected chi connectivity index (χ1v) is 10.8. The van der Waals surface area contributed by atoms with Gasteiger partial charge in [-0.1, -0.05) is 25.1 Å². The lowest BCUT2D eigenvalue weighted by Gasteiger charge is -2.13. The minimum atomic E-state index is -5.03. The molecule has 0 atom stereocenters. The molecule has 3 rings (SSSR count). The lowest BCUT2D eigenvalue weighted by atomic mass is 10.1. The van der Waals surface area contributed by atoms with E-state index >= 15 is 0 Å². The smallest absolute Gasteiger partial charge is 0.471 e. The van der Waals surface area contributed by atoms with Gasteiger partial charge in [0.2, 0.25) is 0 Å². The first-order chi connectivity index (χ1) is 16.6. The number of benzene rings is 2. The number of halogens is 3. The van der Waals surface area contributed by atoms with E-state index in [0.29, 0.717) is 5.71 Å². The number of alkyl halides is 3. The number of carbonyl (C=O) groups excluding carboxylic acids is 2. The highest BCUT2D eigenvalue weighted by Crippen LogP contribution is 2.28. The van der Waals surface area contributed by atoms with Crippen LogP contribution in [0.3, 0.4) is 0 Å². The summed E-state index contributed by atoms with van der Waals surface area (Å²) in [6.45, 7) is 2.00. The lowest BCUT2D eigenvalue weighted by Crippen LogP contribution is -2.29. The summed E-state index contributed by atoms with van der Waals surface area (Å²) in [7, 11) is 0. The fourth-order valence-electron chi connectivity index (χ4n) is 3.38. The summed E-state index contributed by atoms with van der Waals surface area (Å²) in [4.78, 5) is 35.2. The molecule has 11 heteroatoms. The number of hydrogen-bond donors (Lipinski definition) is 3. The third-order valence-electron chi connectivity index (χ3n) is 5.16. The average molecular weight is 488 g/mol. The Morgan fingerprint density at radius 1 is 1.11 bits per heavy atom. The molecular weight excluding hydrogens is 465 g/mol. The van der Waals surface area contributed by atoms with Gasteiger partial charge in [0.25, 0.3) is 5.91 Å². The Labute approximate surface area is 199 Å². The molecule has 0 aliphatic carbocycles. The van der Waals surface area contributed by atoms with E-state index in [-0.39, 0.29) is 36.2 Å². The molecule has 0 bridgehead atoms. The highest BCUT2D eigenvalue weighted by Gasteiger charge is 2.38. The zero-order chi connectivity index (χ0) is 25.6. The van der Waals surface area contributed by atoms with Gasteiger partial charge in [-0.25, -0.2) is 0 Å². The number of carboxylic acids is 1. The van der Waals surface area contributed by atoms with Gasteiger partial charge >= 0.3 is 18.1 Å². The number of amides is 2. The predicted molar refractivity (Wildman–Crippen MR) is 125 cm³/mol. The van der Waals surface area contributed by atoms with E-state index < -0.39 is 24.0 Å². The van der Waals surface area contributed by atoms with Gasteiger partial charge in [0.05, 0.1) is 17.0 Å². The Morgan fingerprint density at radius 3 is 2.43 bits per heavy atom. The van der Waals surface area contributed by atoms with Crippen molar-refractivity contribution >= 4 is 40.6 Å². The van der Waals surface area contributed by atoms with Crippen molar-refractivity contribution < 1.29 is 32.7 Å². The second kappa shape index (κ2) is 10.9. The molecule has 1 aliphatic heterocycles. The number of aliphatic carboxylic acids is 1. The topological polar surface area (TPSA) is 111 Å². The van der Waals surface area contributed by atoms with Crippen LogP contribution in [0.1, 0.15) is 31.7 Å². The number of anilines is 3.